The molecule has 1 aliphatic heterocycles. The zero-order valence-corrected chi connectivity index (χ0v) is 14.9. The van der Waals surface area contributed by atoms with Crippen molar-refractivity contribution in [1.82, 2.24) is 4.98 Å². The minimum Gasteiger partial charge on any atom is -0.349 e. The Morgan fingerprint density at radius 2 is 1.84 bits per heavy atom. The molecule has 0 saturated heterocycles. The van der Waals surface area contributed by atoms with Crippen LogP contribution in [0.15, 0.2) is 26.4 Å². The molecule has 0 bridgehead atoms. The van der Waals surface area contributed by atoms with Gasteiger partial charge in [0.25, 0.3) is 0 Å². The van der Waals surface area contributed by atoms with E-state index in [2.05, 4.69) is 75.6 Å². The van der Waals surface area contributed by atoms with Crippen molar-refractivity contribution in [3.63, 3.8) is 0 Å². The molecule has 0 aromatic carbocycles. The van der Waals surface area contributed by atoms with Crippen LogP contribution in [0.3, 0.4) is 0 Å². The Morgan fingerprint density at radius 1 is 1.16 bits per heavy atom. The molecule has 0 amide bonds. The molecule has 0 fully saturated rings. The minimum atomic E-state index is 0.955. The highest BCUT2D eigenvalue weighted by Crippen LogP contribution is 2.33. The van der Waals surface area contributed by atoms with E-state index in [-0.39, 0.29) is 0 Å². The molecule has 102 valence electrons. The fraction of sp³-hybridized carbons (Fsp3) is 0.400. The van der Waals surface area contributed by atoms with Gasteiger partial charge in [0.2, 0.25) is 0 Å². The Hall–Kier alpha value is -0.610. The lowest BCUT2D eigenvalue weighted by atomic mass is 10.0. The highest BCUT2D eigenvalue weighted by atomic mass is 79.9. The monoisotopic (exact) mass is 384 g/mol. The Labute approximate surface area is 131 Å². The number of allylic oxidation sites excluding steroid dienone is 2. The number of aromatic amines is 1. The van der Waals surface area contributed by atoms with Crippen molar-refractivity contribution in [3.05, 3.63) is 38.3 Å². The van der Waals surface area contributed by atoms with E-state index >= 15 is 0 Å². The highest BCUT2D eigenvalue weighted by Gasteiger charge is 2.18. The predicted octanol–water partition coefficient (Wildman–Crippen LogP) is 5.52. The third-order valence-electron chi connectivity index (χ3n) is 3.63. The van der Waals surface area contributed by atoms with Crippen LogP contribution >= 0.6 is 31.9 Å². The maximum Gasteiger partial charge on any atom is 0.110 e. The molecule has 19 heavy (non-hydrogen) atoms. The average molecular weight is 386 g/mol. The highest BCUT2D eigenvalue weighted by molar-refractivity contribution is 9.18. The second-order valence-corrected chi connectivity index (χ2v) is 6.24. The summed E-state index contributed by atoms with van der Waals surface area (Å²) in [4.78, 5) is 8.01. The van der Waals surface area contributed by atoms with Crippen molar-refractivity contribution in [2.75, 3.05) is 0 Å². The first-order valence-corrected chi connectivity index (χ1v) is 8.11. The molecule has 0 spiro atoms. The van der Waals surface area contributed by atoms with E-state index in [4.69, 9.17) is 0 Å². The molecule has 1 aromatic rings. The van der Waals surface area contributed by atoms with E-state index < -0.39 is 0 Å². The SMILES string of the molecule is CCC1=C(C)C(Br)=N/C1=C\c1[nH]c(Br)c(C)c1CC. The molecule has 0 aliphatic carbocycles. The molecule has 0 atom stereocenters. The fourth-order valence-electron chi connectivity index (χ4n) is 2.48. The van der Waals surface area contributed by atoms with Crippen LogP contribution < -0.4 is 0 Å². The summed E-state index contributed by atoms with van der Waals surface area (Å²) in [6.07, 6.45) is 4.17. The lowest BCUT2D eigenvalue weighted by Gasteiger charge is -2.03. The van der Waals surface area contributed by atoms with Gasteiger partial charge in [-0.1, -0.05) is 13.8 Å². The number of halogens is 2. The molecular formula is C15H18Br2N2. The van der Waals surface area contributed by atoms with Gasteiger partial charge < -0.3 is 4.98 Å². The van der Waals surface area contributed by atoms with Gasteiger partial charge in [0.1, 0.15) is 4.62 Å². The molecule has 1 aliphatic rings. The van der Waals surface area contributed by atoms with Gasteiger partial charge >= 0.3 is 0 Å². The largest absolute Gasteiger partial charge is 0.349 e. The normalized spacial score (nSPS) is 17.6. The molecule has 0 unspecified atom stereocenters. The van der Waals surface area contributed by atoms with Crippen molar-refractivity contribution >= 4 is 42.6 Å². The minimum absolute atomic E-state index is 0.955. The first kappa shape index (κ1) is 14.8. The Kier molecular flexibility index (Phi) is 4.51. The molecule has 2 nitrogen and oxygen atoms in total. The summed E-state index contributed by atoms with van der Waals surface area (Å²) in [5.74, 6) is 0. The lowest BCUT2D eigenvalue weighted by Crippen LogP contribution is -1.88. The Balaban J connectivity index is 2.51. The van der Waals surface area contributed by atoms with Crippen LogP contribution in [0, 0.1) is 6.92 Å². The second-order valence-electron chi connectivity index (χ2n) is 4.70. The zero-order valence-electron chi connectivity index (χ0n) is 11.7. The number of aliphatic imine (C=N–C) groups is 1. The van der Waals surface area contributed by atoms with E-state index in [0.29, 0.717) is 0 Å². The molecule has 0 radical (unpaired) electrons. The van der Waals surface area contributed by atoms with Gasteiger partial charge in [-0.3, -0.25) is 0 Å². The molecule has 4 heteroatoms. The summed E-state index contributed by atoms with van der Waals surface area (Å²) in [5.41, 5.74) is 7.42. The van der Waals surface area contributed by atoms with Gasteiger partial charge in [-0.05, 0) is 86.9 Å². The summed E-state index contributed by atoms with van der Waals surface area (Å²) in [7, 11) is 0. The molecule has 2 heterocycles. The van der Waals surface area contributed by atoms with Gasteiger partial charge in [-0.25, -0.2) is 4.99 Å². The van der Waals surface area contributed by atoms with Crippen molar-refractivity contribution in [2.45, 2.75) is 40.5 Å². The third-order valence-corrected chi connectivity index (χ3v) is 5.19. The fourth-order valence-corrected chi connectivity index (χ4v) is 3.36. The topological polar surface area (TPSA) is 28.1 Å². The summed E-state index contributed by atoms with van der Waals surface area (Å²) in [6, 6.07) is 0. The Morgan fingerprint density at radius 3 is 2.42 bits per heavy atom. The standard InChI is InChI=1S/C15H18Br2N2/c1-5-10-8(3)14(16)18-12(10)7-13-11(6-2)9(4)15(17)19-13/h7,18H,5-6H2,1-4H3/b13-7-. The summed E-state index contributed by atoms with van der Waals surface area (Å²) in [6.45, 7) is 8.60. The molecule has 1 aromatic heterocycles. The van der Waals surface area contributed by atoms with E-state index in [9.17, 15) is 0 Å². The van der Waals surface area contributed by atoms with Crippen LogP contribution in [-0.2, 0) is 6.42 Å². The van der Waals surface area contributed by atoms with Gasteiger partial charge in [-0.15, -0.1) is 0 Å². The van der Waals surface area contributed by atoms with E-state index in [0.717, 1.165) is 33.5 Å². The first-order valence-electron chi connectivity index (χ1n) is 6.52. The van der Waals surface area contributed by atoms with Crippen molar-refractivity contribution in [2.24, 2.45) is 4.99 Å². The van der Waals surface area contributed by atoms with E-state index in [1.54, 1.807) is 0 Å². The van der Waals surface area contributed by atoms with Crippen molar-refractivity contribution in [1.29, 1.82) is 0 Å². The first-order chi connectivity index (χ1) is 8.99. The van der Waals surface area contributed by atoms with Crippen LogP contribution in [0.5, 0.6) is 0 Å². The zero-order chi connectivity index (χ0) is 14.2. The van der Waals surface area contributed by atoms with E-state index in [1.807, 2.05) is 0 Å². The quantitative estimate of drug-likeness (QED) is 0.709. The van der Waals surface area contributed by atoms with Crippen LogP contribution in [0.25, 0.3) is 6.08 Å². The smallest absolute Gasteiger partial charge is 0.110 e. The molecule has 1 N–H and O–H groups in total. The van der Waals surface area contributed by atoms with Gasteiger partial charge in [0, 0.05) is 5.69 Å². The maximum atomic E-state index is 4.62. The summed E-state index contributed by atoms with van der Waals surface area (Å²) < 4.78 is 2.02. The van der Waals surface area contributed by atoms with Crippen LogP contribution in [0.1, 0.15) is 44.0 Å². The second kappa shape index (κ2) is 5.80. The average Bonchev–Trinajstić information content (AvgIpc) is 2.79. The van der Waals surface area contributed by atoms with E-state index in [1.165, 1.54) is 22.3 Å². The van der Waals surface area contributed by atoms with Crippen LogP contribution in [0.4, 0.5) is 0 Å². The summed E-state index contributed by atoms with van der Waals surface area (Å²) in [5, 5.41) is 0. The van der Waals surface area contributed by atoms with Gasteiger partial charge in [-0.2, -0.15) is 0 Å². The van der Waals surface area contributed by atoms with Crippen LogP contribution in [-0.4, -0.2) is 9.60 Å². The number of nitrogens with zero attached hydrogens (tertiary/aromatic N) is 1. The number of aromatic nitrogens is 1. The van der Waals surface area contributed by atoms with Gasteiger partial charge in [0.15, 0.2) is 0 Å². The predicted molar refractivity (Wildman–Crippen MR) is 89.9 cm³/mol. The maximum absolute atomic E-state index is 4.62. The third kappa shape index (κ3) is 2.65. The lowest BCUT2D eigenvalue weighted by molar-refractivity contribution is 1.09. The molecular weight excluding hydrogens is 368 g/mol. The molecule has 0 saturated carbocycles. The molecule has 2 rings (SSSR count). The summed E-state index contributed by atoms with van der Waals surface area (Å²) >= 11 is 7.10. The van der Waals surface area contributed by atoms with Crippen molar-refractivity contribution in [3.8, 4) is 0 Å². The number of hydrogen-bond acceptors (Lipinski definition) is 1. The Bertz CT molecular complexity index is 604. The number of H-pyrrole nitrogens is 1. The van der Waals surface area contributed by atoms with Crippen molar-refractivity contribution < 1.29 is 0 Å². The number of nitrogens with one attached hydrogen (secondary N) is 1. The van der Waals surface area contributed by atoms with Gasteiger partial charge in [0.05, 0.1) is 10.3 Å². The number of hydrogen-bond donors (Lipinski definition) is 1. The van der Waals surface area contributed by atoms with Crippen LogP contribution in [0.2, 0.25) is 0 Å². The number of rotatable bonds is 3.